The third kappa shape index (κ3) is 34.5. The van der Waals surface area contributed by atoms with E-state index in [9.17, 15) is 20.0 Å². The Kier molecular flexibility index (Phi) is 43.8. The van der Waals surface area contributed by atoms with Crippen molar-refractivity contribution in [3.63, 3.8) is 0 Å². The summed E-state index contributed by atoms with van der Waals surface area (Å²) in [5.74, 6) is -1.07. The third-order valence-electron chi connectivity index (χ3n) is 20.5. The quantitative estimate of drug-likeness (QED) is 0.00932. The average molecular weight is 1550 g/mol. The van der Waals surface area contributed by atoms with Crippen molar-refractivity contribution in [2.24, 2.45) is 5.11 Å². The molecule has 8 rings (SSSR count). The number of carbonyl (C=O) groups excluding carboxylic acids is 2. The highest BCUT2D eigenvalue weighted by atomic mass is 31.2. The van der Waals surface area contributed by atoms with Gasteiger partial charge in [-0.05, 0) is 51.8 Å². The standard InChI is InChI=1S/C90H126N3O17P/c1-4-6-8-10-12-14-16-18-20-22-24-26-46-60-79(94)100-68-77(107-80(95)61-47-27-25-23-21-19-17-15-13-11-9-7-5-2)69-106-111(96,97)110-89-84(98-3)85(103-65-74-54-40-31-41-55-74)86(104-66-75-56-42-32-43-57-75)87(105-67-76-58-44-33-45-59-76)88(89)109-90-81(92-93-91)83(102-64-73-52-38-30-39-53-73)82(101-63-72-50-36-29-37-51-72)78(108-90)70-99-62-71-48-34-28-35-49-71/h28-45,48-59,77-78,81-90H,4-27,46-47,60-70H2,1-3H3,(H,96,97)/t77-,78-,81-,82-,83-,84-,85+,86-,87+,88-,89-,90-/m1/s1. The van der Waals surface area contributed by atoms with Crippen LogP contribution in [0.15, 0.2) is 187 Å². The molecule has 0 bridgehead atoms. The summed E-state index contributed by atoms with van der Waals surface area (Å²) in [5.41, 5.74) is 15.7. The Labute approximate surface area is 661 Å². The molecule has 6 aromatic rings. The van der Waals surface area contributed by atoms with Gasteiger partial charge < -0.3 is 57.0 Å². The number of esters is 2. The van der Waals surface area contributed by atoms with Crippen LogP contribution in [0.5, 0.6) is 0 Å². The second-order valence-electron chi connectivity index (χ2n) is 29.5. The number of phosphoric acid groups is 1. The van der Waals surface area contributed by atoms with Crippen molar-refractivity contribution in [3.05, 3.63) is 226 Å². The highest BCUT2D eigenvalue weighted by Gasteiger charge is 2.59. The zero-order chi connectivity index (χ0) is 78.0. The fourth-order valence-corrected chi connectivity index (χ4v) is 15.3. The molecule has 0 radical (unpaired) electrons. The van der Waals surface area contributed by atoms with Gasteiger partial charge in [0.1, 0.15) is 67.6 Å². The van der Waals surface area contributed by atoms with E-state index in [0.717, 1.165) is 84.7 Å². The number of hydrogen-bond acceptors (Lipinski definition) is 17. The number of methoxy groups -OCH3 is 1. The lowest BCUT2D eigenvalue weighted by atomic mass is 9.83. The van der Waals surface area contributed by atoms with Crippen LogP contribution in [0.2, 0.25) is 0 Å². The maximum absolute atomic E-state index is 15.5. The van der Waals surface area contributed by atoms with Gasteiger partial charge in [-0.3, -0.25) is 18.6 Å². The third-order valence-corrected chi connectivity index (χ3v) is 21.5. The Morgan fingerprint density at radius 1 is 0.432 bits per heavy atom. The molecule has 21 heteroatoms. The van der Waals surface area contributed by atoms with Gasteiger partial charge in [0, 0.05) is 24.9 Å². The predicted octanol–water partition coefficient (Wildman–Crippen LogP) is 20.9. The van der Waals surface area contributed by atoms with E-state index in [1.807, 2.05) is 182 Å². The van der Waals surface area contributed by atoms with Gasteiger partial charge >= 0.3 is 19.8 Å². The molecule has 1 unspecified atom stereocenters. The summed E-state index contributed by atoms with van der Waals surface area (Å²) in [4.78, 5) is 43.4. The number of hydrogen-bond donors (Lipinski definition) is 1. The van der Waals surface area contributed by atoms with Crippen molar-refractivity contribution in [1.82, 2.24) is 0 Å². The van der Waals surface area contributed by atoms with E-state index < -0.39 is 106 Å². The van der Waals surface area contributed by atoms with E-state index in [4.69, 9.17) is 61.2 Å². The average Bonchev–Trinajstić information content (AvgIpc) is 0.778. The van der Waals surface area contributed by atoms with Crippen LogP contribution in [0, 0.1) is 0 Å². The van der Waals surface area contributed by atoms with Crippen molar-refractivity contribution in [2.45, 2.75) is 307 Å². The number of rotatable bonds is 59. The van der Waals surface area contributed by atoms with Crippen molar-refractivity contribution in [3.8, 4) is 0 Å². The van der Waals surface area contributed by atoms with Crippen molar-refractivity contribution in [2.75, 3.05) is 26.9 Å². The molecular weight excluding hydrogens is 1430 g/mol. The van der Waals surface area contributed by atoms with E-state index in [-0.39, 0.29) is 59.1 Å². The highest BCUT2D eigenvalue weighted by Crippen LogP contribution is 2.50. The van der Waals surface area contributed by atoms with Gasteiger partial charge in [-0.15, -0.1) is 0 Å². The molecule has 1 saturated carbocycles. The lowest BCUT2D eigenvalue weighted by Gasteiger charge is -2.51. The molecule has 1 aliphatic heterocycles. The Morgan fingerprint density at radius 2 is 0.775 bits per heavy atom. The molecule has 0 aromatic heterocycles. The fraction of sp³-hybridized carbons (Fsp3) is 0.578. The minimum atomic E-state index is -5.45. The Balaban J connectivity index is 1.11. The first-order valence-corrected chi connectivity index (χ1v) is 42.8. The van der Waals surface area contributed by atoms with Crippen LogP contribution >= 0.6 is 7.82 Å². The molecule has 0 spiro atoms. The van der Waals surface area contributed by atoms with E-state index in [2.05, 4.69) is 23.9 Å². The zero-order valence-corrected chi connectivity index (χ0v) is 67.1. The Bertz CT molecular complexity index is 3480. The predicted molar refractivity (Wildman–Crippen MR) is 431 cm³/mol. The van der Waals surface area contributed by atoms with Crippen LogP contribution in [-0.2, 0) is 115 Å². The monoisotopic (exact) mass is 1550 g/mol. The summed E-state index contributed by atoms with van der Waals surface area (Å²) in [6.45, 7) is 3.53. The minimum Gasteiger partial charge on any atom is -0.462 e. The van der Waals surface area contributed by atoms with Crippen LogP contribution in [0.25, 0.3) is 10.4 Å². The number of nitrogens with zero attached hydrogens (tertiary/aromatic N) is 3. The van der Waals surface area contributed by atoms with Crippen LogP contribution < -0.4 is 0 Å². The molecule has 1 saturated heterocycles. The van der Waals surface area contributed by atoms with Gasteiger partial charge in [-0.25, -0.2) is 4.57 Å². The summed E-state index contributed by atoms with van der Waals surface area (Å²) in [7, 11) is -4.03. The lowest BCUT2D eigenvalue weighted by molar-refractivity contribution is -0.335. The number of azide groups is 1. The van der Waals surface area contributed by atoms with Crippen LogP contribution in [0.4, 0.5) is 0 Å². The maximum Gasteiger partial charge on any atom is 0.472 e. The van der Waals surface area contributed by atoms with Crippen molar-refractivity contribution < 1.29 is 80.2 Å². The Hall–Kier alpha value is -6.68. The summed E-state index contributed by atoms with van der Waals surface area (Å²) in [6.07, 6.45) is 15.6. The fourth-order valence-electron chi connectivity index (χ4n) is 14.4. The number of unbranched alkanes of at least 4 members (excludes halogenated alkanes) is 24. The first-order valence-electron chi connectivity index (χ1n) is 41.3. The summed E-state index contributed by atoms with van der Waals surface area (Å²) < 4.78 is 103. The molecule has 20 nitrogen and oxygen atoms in total. The largest absolute Gasteiger partial charge is 0.472 e. The maximum atomic E-state index is 15.5. The molecule has 2 fully saturated rings. The van der Waals surface area contributed by atoms with Crippen molar-refractivity contribution >= 4 is 19.8 Å². The molecule has 0 amide bonds. The summed E-state index contributed by atoms with van der Waals surface area (Å²) in [5, 5.41) is 4.43. The minimum absolute atomic E-state index is 0.0120. The molecule has 1 N–H and O–H groups in total. The van der Waals surface area contributed by atoms with E-state index in [1.165, 1.54) is 110 Å². The highest BCUT2D eigenvalue weighted by molar-refractivity contribution is 7.47. The number of benzene rings is 6. The molecule has 13 atom stereocenters. The molecule has 2 aliphatic rings. The molecule has 608 valence electrons. The molecule has 1 aliphatic carbocycles. The summed E-state index contributed by atoms with van der Waals surface area (Å²) >= 11 is 0. The number of carbonyl (C=O) groups is 2. The SMILES string of the molecule is CCCCCCCCCCCCCCCC(=O)OC[C@H](COP(=O)(O)O[C@@H]1[C@H](OC)[C@H](OCc2ccccc2)[C@@H](OCc2ccccc2)[C@H](OCc2ccccc2)[C@H]1O[C@H]1O[C@H](COCc2ccccc2)[C@@H](OCc2ccccc2)[C@H](OCc2ccccc2)[C@H]1N=[N+]=[N-])OC(=O)CCCCCCCCCCCCCCC. The van der Waals surface area contributed by atoms with Gasteiger partial charge in [0.25, 0.3) is 0 Å². The Morgan fingerprint density at radius 3 is 1.16 bits per heavy atom. The second kappa shape index (κ2) is 54.2. The molecule has 1 heterocycles. The first kappa shape index (κ1) is 89.9. The van der Waals surface area contributed by atoms with Gasteiger partial charge in [-0.2, -0.15) is 0 Å². The number of ether oxygens (including phenoxy) is 11. The van der Waals surface area contributed by atoms with E-state index in [1.54, 1.807) is 0 Å². The van der Waals surface area contributed by atoms with Crippen LogP contribution in [0.3, 0.4) is 0 Å². The van der Waals surface area contributed by atoms with Gasteiger partial charge in [0.15, 0.2) is 12.4 Å². The van der Waals surface area contributed by atoms with Gasteiger partial charge in [0.05, 0.1) is 52.9 Å². The lowest BCUT2D eigenvalue weighted by Crippen LogP contribution is -2.69. The van der Waals surface area contributed by atoms with Gasteiger partial charge in [-0.1, -0.05) is 355 Å². The topological polar surface area (TPSA) is 240 Å². The zero-order valence-electron chi connectivity index (χ0n) is 66.2. The first-order chi connectivity index (χ1) is 54.5. The molecule has 111 heavy (non-hydrogen) atoms. The molecular formula is C90H126N3O17P. The molecule has 6 aromatic carbocycles. The second-order valence-corrected chi connectivity index (χ2v) is 30.9. The number of phosphoric ester groups is 1. The normalized spacial score (nSPS) is 21.2. The van der Waals surface area contributed by atoms with E-state index in [0.29, 0.717) is 12.8 Å². The van der Waals surface area contributed by atoms with Gasteiger partial charge in [0.2, 0.25) is 0 Å². The van der Waals surface area contributed by atoms with Crippen molar-refractivity contribution in [1.29, 1.82) is 0 Å². The van der Waals surface area contributed by atoms with E-state index >= 15 is 4.57 Å². The van der Waals surface area contributed by atoms with Crippen LogP contribution in [0.1, 0.15) is 227 Å². The smallest absolute Gasteiger partial charge is 0.462 e. The summed E-state index contributed by atoms with van der Waals surface area (Å²) in [6, 6.07) is 56.0. The van der Waals surface area contributed by atoms with Crippen LogP contribution in [-0.4, -0.2) is 117 Å².